The summed E-state index contributed by atoms with van der Waals surface area (Å²) in [6.45, 7) is 5.08. The fraction of sp³-hybridized carbons (Fsp3) is 0.429. The Hall–Kier alpha value is -3.92. The molecule has 0 atom stereocenters. The number of aryl methyl sites for hydroxylation is 2. The summed E-state index contributed by atoms with van der Waals surface area (Å²) in [5, 5.41) is 20.3. The largest absolute Gasteiger partial charge is 0.371 e. The topological polar surface area (TPSA) is 111 Å². The molecule has 1 saturated heterocycles. The van der Waals surface area contributed by atoms with Gasteiger partial charge in [0.1, 0.15) is 5.52 Å². The summed E-state index contributed by atoms with van der Waals surface area (Å²) >= 11 is 0. The quantitative estimate of drug-likeness (QED) is 0.331. The van der Waals surface area contributed by atoms with Crippen LogP contribution in [0.2, 0.25) is 0 Å². The second-order valence-electron chi connectivity index (χ2n) is 10.2. The van der Waals surface area contributed by atoms with Crippen molar-refractivity contribution in [2.45, 2.75) is 38.6 Å². The second-order valence-corrected chi connectivity index (χ2v) is 10.2. The van der Waals surface area contributed by atoms with E-state index in [1.54, 1.807) is 29.9 Å². The Kier molecular flexibility index (Phi) is 7.33. The highest BCUT2D eigenvalue weighted by Crippen LogP contribution is 2.32. The zero-order valence-electron chi connectivity index (χ0n) is 22.5. The van der Waals surface area contributed by atoms with E-state index in [1.165, 1.54) is 0 Å². The highest BCUT2D eigenvalue weighted by Gasteiger charge is 2.23. The van der Waals surface area contributed by atoms with E-state index >= 15 is 0 Å². The molecule has 0 aliphatic carbocycles. The molecule has 0 bridgehead atoms. The van der Waals surface area contributed by atoms with Gasteiger partial charge < -0.3 is 20.4 Å². The number of fused-ring (bicyclic) bond motifs is 2. The van der Waals surface area contributed by atoms with Crippen LogP contribution in [-0.2, 0) is 18.3 Å². The molecule has 4 aromatic rings. The molecule has 2 aromatic heterocycles. The average molecular weight is 517 g/mol. The normalized spacial score (nSPS) is 14.4. The smallest absolute Gasteiger partial charge is 0.257 e. The van der Waals surface area contributed by atoms with Crippen molar-refractivity contribution in [3.8, 4) is 0 Å². The third-order valence-corrected chi connectivity index (χ3v) is 7.34. The zero-order valence-corrected chi connectivity index (χ0v) is 22.5. The van der Waals surface area contributed by atoms with Gasteiger partial charge in [-0.25, -0.2) is 0 Å². The molecule has 10 heteroatoms. The van der Waals surface area contributed by atoms with Gasteiger partial charge in [0.15, 0.2) is 0 Å². The van der Waals surface area contributed by atoms with Gasteiger partial charge in [-0.2, -0.15) is 10.2 Å². The first kappa shape index (κ1) is 25.7. The lowest BCUT2D eigenvalue weighted by Crippen LogP contribution is -2.42. The van der Waals surface area contributed by atoms with Crippen LogP contribution in [0.4, 0.5) is 11.4 Å². The summed E-state index contributed by atoms with van der Waals surface area (Å²) < 4.78 is 1.77. The van der Waals surface area contributed by atoms with E-state index in [4.69, 9.17) is 0 Å². The zero-order chi connectivity index (χ0) is 26.8. The molecule has 0 radical (unpaired) electrons. The first-order valence-corrected chi connectivity index (χ1v) is 13.3. The van der Waals surface area contributed by atoms with Gasteiger partial charge in [-0.05, 0) is 55.6 Å². The van der Waals surface area contributed by atoms with Gasteiger partial charge in [-0.15, -0.1) is 0 Å². The van der Waals surface area contributed by atoms with Crippen molar-refractivity contribution in [3.63, 3.8) is 0 Å². The number of amides is 2. The van der Waals surface area contributed by atoms with E-state index in [2.05, 4.69) is 37.8 Å². The number of hydrogen-bond acceptors (Lipinski definition) is 6. The van der Waals surface area contributed by atoms with E-state index in [1.807, 2.05) is 37.5 Å². The minimum Gasteiger partial charge on any atom is -0.371 e. The van der Waals surface area contributed by atoms with Gasteiger partial charge in [0.25, 0.3) is 5.91 Å². The van der Waals surface area contributed by atoms with Crippen molar-refractivity contribution in [2.24, 2.45) is 7.05 Å². The summed E-state index contributed by atoms with van der Waals surface area (Å²) in [5.74, 6) is -0.167. The maximum absolute atomic E-state index is 13.5. The summed E-state index contributed by atoms with van der Waals surface area (Å²) in [5.41, 5.74) is 4.82. The number of hydrogen-bond donors (Lipinski definition) is 3. The van der Waals surface area contributed by atoms with Crippen LogP contribution in [0.1, 0.15) is 42.1 Å². The molecule has 1 aliphatic rings. The van der Waals surface area contributed by atoms with E-state index in [9.17, 15) is 9.59 Å². The molecular formula is C28H36N8O2. The monoisotopic (exact) mass is 516 g/mol. The van der Waals surface area contributed by atoms with Gasteiger partial charge in [0, 0.05) is 75.0 Å². The Balaban J connectivity index is 1.39. The molecule has 2 aromatic carbocycles. The predicted molar refractivity (Wildman–Crippen MR) is 151 cm³/mol. The number of piperidine rings is 1. The van der Waals surface area contributed by atoms with Gasteiger partial charge in [0.2, 0.25) is 5.91 Å². The SMILES string of the molecule is CCNC1CCN(c2ccc(C(=O)Nc3cc(CCC(=O)N(C)C)c4[nH]ncc4c3)c3nn(C)cc23)CC1. The fourth-order valence-electron chi connectivity index (χ4n) is 5.34. The van der Waals surface area contributed by atoms with Crippen molar-refractivity contribution in [1.82, 2.24) is 30.2 Å². The van der Waals surface area contributed by atoms with Crippen LogP contribution in [0.15, 0.2) is 36.7 Å². The minimum absolute atomic E-state index is 0.0515. The van der Waals surface area contributed by atoms with Crippen molar-refractivity contribution in [1.29, 1.82) is 0 Å². The van der Waals surface area contributed by atoms with E-state index in [-0.39, 0.29) is 11.8 Å². The molecule has 10 nitrogen and oxygen atoms in total. The van der Waals surface area contributed by atoms with Gasteiger partial charge in [-0.3, -0.25) is 19.4 Å². The number of benzene rings is 2. The molecule has 3 heterocycles. The molecule has 1 fully saturated rings. The maximum Gasteiger partial charge on any atom is 0.257 e. The first-order valence-electron chi connectivity index (χ1n) is 13.3. The van der Waals surface area contributed by atoms with E-state index in [0.717, 1.165) is 60.0 Å². The van der Waals surface area contributed by atoms with Crippen molar-refractivity contribution < 1.29 is 9.59 Å². The summed E-state index contributed by atoms with van der Waals surface area (Å²) in [6.07, 6.45) is 6.83. The number of carbonyl (C=O) groups excluding carboxylic acids is 2. The predicted octanol–water partition coefficient (Wildman–Crippen LogP) is 3.30. The number of H-pyrrole nitrogens is 1. The van der Waals surface area contributed by atoms with Gasteiger partial charge >= 0.3 is 0 Å². The van der Waals surface area contributed by atoms with Crippen LogP contribution in [0, 0.1) is 0 Å². The lowest BCUT2D eigenvalue weighted by atomic mass is 10.0. The van der Waals surface area contributed by atoms with Crippen molar-refractivity contribution >= 4 is 45.0 Å². The van der Waals surface area contributed by atoms with Crippen LogP contribution >= 0.6 is 0 Å². The van der Waals surface area contributed by atoms with E-state index < -0.39 is 0 Å². The molecule has 0 saturated carbocycles. The molecule has 2 amide bonds. The number of rotatable bonds is 8. The molecule has 1 aliphatic heterocycles. The lowest BCUT2D eigenvalue weighted by Gasteiger charge is -2.34. The number of nitrogens with zero attached hydrogens (tertiary/aromatic N) is 5. The summed E-state index contributed by atoms with van der Waals surface area (Å²) in [4.78, 5) is 29.7. The number of aromatic amines is 1. The number of carbonyl (C=O) groups is 2. The number of aromatic nitrogens is 4. The molecule has 3 N–H and O–H groups in total. The highest BCUT2D eigenvalue weighted by atomic mass is 16.2. The molecule has 5 rings (SSSR count). The minimum atomic E-state index is -0.218. The Labute approximate surface area is 222 Å². The molecule has 38 heavy (non-hydrogen) atoms. The van der Waals surface area contributed by atoms with Gasteiger partial charge in [0.05, 0.1) is 17.3 Å². The second kappa shape index (κ2) is 10.8. The lowest BCUT2D eigenvalue weighted by molar-refractivity contribution is -0.128. The van der Waals surface area contributed by atoms with Crippen LogP contribution in [-0.4, -0.2) is 76.5 Å². The Bertz CT molecular complexity index is 1460. The summed E-state index contributed by atoms with van der Waals surface area (Å²) in [6, 6.07) is 8.30. The fourth-order valence-corrected chi connectivity index (χ4v) is 5.34. The molecular weight excluding hydrogens is 480 g/mol. The van der Waals surface area contributed by atoms with Crippen LogP contribution < -0.4 is 15.5 Å². The van der Waals surface area contributed by atoms with Crippen LogP contribution in [0.5, 0.6) is 0 Å². The third-order valence-electron chi connectivity index (χ3n) is 7.34. The number of nitrogens with one attached hydrogen (secondary N) is 3. The highest BCUT2D eigenvalue weighted by molar-refractivity contribution is 6.14. The molecule has 0 spiro atoms. The van der Waals surface area contributed by atoms with Crippen LogP contribution in [0.25, 0.3) is 21.8 Å². The first-order chi connectivity index (χ1) is 18.3. The third kappa shape index (κ3) is 5.22. The van der Waals surface area contributed by atoms with Gasteiger partial charge in [-0.1, -0.05) is 6.92 Å². The van der Waals surface area contributed by atoms with Crippen LogP contribution in [0.3, 0.4) is 0 Å². The average Bonchev–Trinajstić information content (AvgIpc) is 3.53. The van der Waals surface area contributed by atoms with Crippen molar-refractivity contribution in [2.75, 3.05) is 43.9 Å². The molecule has 0 unspecified atom stereocenters. The summed E-state index contributed by atoms with van der Waals surface area (Å²) in [7, 11) is 5.39. The standard InChI is InChI=1S/C28H36N8O2/c1-5-29-20-10-12-36(13-11-20)24-8-7-22(27-23(24)17-35(4)33-27)28(38)31-21-14-18(6-9-25(37)34(2)3)26-19(15-21)16-30-32-26/h7-8,14-17,20,29H,5-6,9-13H2,1-4H3,(H,30,32)(H,31,38). The Morgan fingerprint density at radius 3 is 2.71 bits per heavy atom. The Morgan fingerprint density at radius 2 is 1.97 bits per heavy atom. The van der Waals surface area contributed by atoms with E-state index in [0.29, 0.717) is 35.7 Å². The maximum atomic E-state index is 13.5. The number of anilines is 2. The molecule has 200 valence electrons. The Morgan fingerprint density at radius 1 is 1.18 bits per heavy atom. The van der Waals surface area contributed by atoms with Crippen molar-refractivity contribution in [3.05, 3.63) is 47.8 Å².